The van der Waals surface area contributed by atoms with Gasteiger partial charge < -0.3 is 15.8 Å². The molecule has 3 N–H and O–H groups in total. The van der Waals surface area contributed by atoms with E-state index < -0.39 is 0 Å². The molecule has 5 nitrogen and oxygen atoms in total. The summed E-state index contributed by atoms with van der Waals surface area (Å²) in [5.41, 5.74) is 8.23. The van der Waals surface area contributed by atoms with Gasteiger partial charge in [-0.3, -0.25) is 0 Å². The van der Waals surface area contributed by atoms with E-state index in [1.54, 1.807) is 0 Å². The Kier molecular flexibility index (Phi) is 4.06. The van der Waals surface area contributed by atoms with Crippen molar-refractivity contribution in [3.63, 3.8) is 0 Å². The summed E-state index contributed by atoms with van der Waals surface area (Å²) in [4.78, 5) is 8.10. The molecule has 0 unspecified atom stereocenters. The Hall–Kier alpha value is -2.01. The van der Waals surface area contributed by atoms with Gasteiger partial charge >= 0.3 is 0 Å². The van der Waals surface area contributed by atoms with Gasteiger partial charge in [0.2, 0.25) is 5.88 Å². The lowest BCUT2D eigenvalue weighted by atomic mass is 10.2. The third kappa shape index (κ3) is 3.06. The quantitative estimate of drug-likeness (QED) is 0.899. The average Bonchev–Trinajstić information content (AvgIpc) is 2.39. The van der Waals surface area contributed by atoms with Crippen LogP contribution in [0.2, 0.25) is 5.02 Å². The second-order valence-corrected chi connectivity index (χ2v) is 4.39. The van der Waals surface area contributed by atoms with Gasteiger partial charge in [-0.15, -0.1) is 0 Å². The predicted molar refractivity (Wildman–Crippen MR) is 77.1 cm³/mol. The zero-order valence-corrected chi connectivity index (χ0v) is 11.5. The molecule has 1 aromatic heterocycles. The SMILES string of the molecule is CCOc1ncnc(Nc2cc(Cl)ccc2C)c1N. The number of rotatable bonds is 4. The van der Waals surface area contributed by atoms with E-state index in [0.29, 0.717) is 29.0 Å². The molecule has 0 aliphatic heterocycles. The minimum absolute atomic E-state index is 0.375. The fraction of sp³-hybridized carbons (Fsp3) is 0.231. The molecule has 6 heteroatoms. The number of anilines is 3. The first-order chi connectivity index (χ1) is 9.11. The van der Waals surface area contributed by atoms with E-state index in [-0.39, 0.29) is 0 Å². The van der Waals surface area contributed by atoms with Crippen molar-refractivity contribution in [2.75, 3.05) is 17.7 Å². The van der Waals surface area contributed by atoms with Crippen LogP contribution in [0.15, 0.2) is 24.5 Å². The third-order valence-corrected chi connectivity index (χ3v) is 2.82. The lowest BCUT2D eigenvalue weighted by Crippen LogP contribution is -2.05. The van der Waals surface area contributed by atoms with Gasteiger partial charge in [-0.05, 0) is 31.5 Å². The predicted octanol–water partition coefficient (Wildman–Crippen LogP) is 3.16. The van der Waals surface area contributed by atoms with E-state index in [2.05, 4.69) is 15.3 Å². The minimum atomic E-state index is 0.375. The zero-order valence-electron chi connectivity index (χ0n) is 10.8. The topological polar surface area (TPSA) is 73.1 Å². The maximum atomic E-state index is 5.98. The summed E-state index contributed by atoms with van der Waals surface area (Å²) in [6.45, 7) is 4.34. The van der Waals surface area contributed by atoms with Crippen LogP contribution in [0.3, 0.4) is 0 Å². The first kappa shape index (κ1) is 13.4. The number of hydrogen-bond acceptors (Lipinski definition) is 5. The molecule has 0 fully saturated rings. The first-order valence-corrected chi connectivity index (χ1v) is 6.26. The van der Waals surface area contributed by atoms with Crippen LogP contribution >= 0.6 is 11.6 Å². The van der Waals surface area contributed by atoms with E-state index in [0.717, 1.165) is 11.3 Å². The van der Waals surface area contributed by atoms with Crippen molar-refractivity contribution in [2.24, 2.45) is 0 Å². The smallest absolute Gasteiger partial charge is 0.242 e. The fourth-order valence-electron chi connectivity index (χ4n) is 1.59. The molecule has 0 radical (unpaired) electrons. The van der Waals surface area contributed by atoms with E-state index >= 15 is 0 Å². The lowest BCUT2D eigenvalue weighted by Gasteiger charge is -2.12. The zero-order chi connectivity index (χ0) is 13.8. The highest BCUT2D eigenvalue weighted by Crippen LogP contribution is 2.29. The molecule has 0 aliphatic rings. The number of nitrogens with zero attached hydrogens (tertiary/aromatic N) is 2. The summed E-state index contributed by atoms with van der Waals surface area (Å²) in [5, 5.41) is 3.78. The van der Waals surface area contributed by atoms with Crippen molar-refractivity contribution >= 4 is 28.8 Å². The molecule has 0 spiro atoms. The number of ether oxygens (including phenoxy) is 1. The maximum Gasteiger partial charge on any atom is 0.242 e. The number of halogens is 1. The molecule has 0 aliphatic carbocycles. The molecule has 1 aromatic carbocycles. The normalized spacial score (nSPS) is 10.3. The highest BCUT2D eigenvalue weighted by molar-refractivity contribution is 6.30. The molecule has 1 heterocycles. The Morgan fingerprint density at radius 1 is 1.37 bits per heavy atom. The molecular weight excluding hydrogens is 264 g/mol. The molecule has 0 saturated carbocycles. The van der Waals surface area contributed by atoms with Crippen LogP contribution in [-0.2, 0) is 0 Å². The van der Waals surface area contributed by atoms with Gasteiger partial charge in [-0.2, -0.15) is 4.98 Å². The standard InChI is InChI=1S/C13H15ClN4O/c1-3-19-13-11(15)12(16-7-17-13)18-10-6-9(14)5-4-8(10)2/h4-7H,3,15H2,1-2H3,(H,16,17,18). The average molecular weight is 279 g/mol. The monoisotopic (exact) mass is 278 g/mol. The first-order valence-electron chi connectivity index (χ1n) is 5.88. The van der Waals surface area contributed by atoms with E-state index in [9.17, 15) is 0 Å². The Labute approximate surface area is 116 Å². The van der Waals surface area contributed by atoms with Crippen LogP contribution in [0.1, 0.15) is 12.5 Å². The lowest BCUT2D eigenvalue weighted by molar-refractivity contribution is 0.328. The summed E-state index contributed by atoms with van der Waals surface area (Å²) in [5.74, 6) is 0.878. The summed E-state index contributed by atoms with van der Waals surface area (Å²) in [6, 6.07) is 5.57. The maximum absolute atomic E-state index is 5.98. The second kappa shape index (κ2) is 5.75. The summed E-state index contributed by atoms with van der Waals surface area (Å²) in [7, 11) is 0. The summed E-state index contributed by atoms with van der Waals surface area (Å²) < 4.78 is 5.33. The molecule has 2 rings (SSSR count). The molecule has 2 aromatic rings. The number of nitrogen functional groups attached to an aromatic ring is 1. The second-order valence-electron chi connectivity index (χ2n) is 3.96. The van der Waals surface area contributed by atoms with Gasteiger partial charge in [-0.25, -0.2) is 4.98 Å². The number of benzene rings is 1. The van der Waals surface area contributed by atoms with Crippen molar-refractivity contribution in [3.8, 4) is 5.88 Å². The van der Waals surface area contributed by atoms with Crippen LogP contribution in [0.4, 0.5) is 17.2 Å². The molecule has 0 amide bonds. The van der Waals surface area contributed by atoms with E-state index in [4.69, 9.17) is 22.1 Å². The molecule has 0 atom stereocenters. The third-order valence-electron chi connectivity index (χ3n) is 2.58. The van der Waals surface area contributed by atoms with E-state index in [1.807, 2.05) is 32.0 Å². The van der Waals surface area contributed by atoms with Crippen LogP contribution in [0, 0.1) is 6.92 Å². The number of aromatic nitrogens is 2. The highest BCUT2D eigenvalue weighted by atomic mass is 35.5. The molecule has 0 saturated heterocycles. The number of hydrogen-bond donors (Lipinski definition) is 2. The van der Waals surface area contributed by atoms with Crippen LogP contribution < -0.4 is 15.8 Å². The number of nitrogens with two attached hydrogens (primary N) is 1. The van der Waals surface area contributed by atoms with Crippen molar-refractivity contribution in [3.05, 3.63) is 35.1 Å². The summed E-state index contributed by atoms with van der Waals surface area (Å²) >= 11 is 5.98. The number of nitrogens with one attached hydrogen (secondary N) is 1. The molecule has 100 valence electrons. The molecule has 19 heavy (non-hydrogen) atoms. The Bertz CT molecular complexity index is 589. The minimum Gasteiger partial charge on any atom is -0.476 e. The van der Waals surface area contributed by atoms with Crippen molar-refractivity contribution in [2.45, 2.75) is 13.8 Å². The van der Waals surface area contributed by atoms with Crippen molar-refractivity contribution in [1.82, 2.24) is 9.97 Å². The van der Waals surface area contributed by atoms with Gasteiger partial charge in [0.1, 0.15) is 12.0 Å². The Balaban J connectivity index is 2.33. The van der Waals surface area contributed by atoms with Crippen molar-refractivity contribution in [1.29, 1.82) is 0 Å². The van der Waals surface area contributed by atoms with E-state index in [1.165, 1.54) is 6.33 Å². The van der Waals surface area contributed by atoms with Gasteiger partial charge in [0, 0.05) is 10.7 Å². The molecule has 0 bridgehead atoms. The van der Waals surface area contributed by atoms with Gasteiger partial charge in [0.15, 0.2) is 5.82 Å². The largest absolute Gasteiger partial charge is 0.476 e. The Morgan fingerprint density at radius 2 is 2.16 bits per heavy atom. The van der Waals surface area contributed by atoms with Crippen LogP contribution in [0.5, 0.6) is 5.88 Å². The number of aryl methyl sites for hydroxylation is 1. The van der Waals surface area contributed by atoms with Crippen LogP contribution in [-0.4, -0.2) is 16.6 Å². The Morgan fingerprint density at radius 3 is 2.89 bits per heavy atom. The summed E-state index contributed by atoms with van der Waals surface area (Å²) in [6.07, 6.45) is 1.41. The van der Waals surface area contributed by atoms with Gasteiger partial charge in [0.05, 0.1) is 6.61 Å². The highest BCUT2D eigenvalue weighted by Gasteiger charge is 2.10. The fourth-order valence-corrected chi connectivity index (χ4v) is 1.76. The van der Waals surface area contributed by atoms with Gasteiger partial charge in [0.25, 0.3) is 0 Å². The van der Waals surface area contributed by atoms with Crippen LogP contribution in [0.25, 0.3) is 0 Å². The van der Waals surface area contributed by atoms with Gasteiger partial charge in [-0.1, -0.05) is 17.7 Å². The van der Waals surface area contributed by atoms with Crippen molar-refractivity contribution < 1.29 is 4.74 Å². The molecular formula is C13H15ClN4O.